The fraction of sp³-hybridized carbons (Fsp3) is 0.133. The molecule has 0 aromatic heterocycles. The topological polar surface area (TPSA) is 35.5 Å². The predicted octanol–water partition coefficient (Wildman–Crippen LogP) is 5.12. The zero-order chi connectivity index (χ0) is 15.4. The Balaban J connectivity index is 2.11. The van der Waals surface area contributed by atoms with E-state index in [1.54, 1.807) is 36.4 Å². The van der Waals surface area contributed by atoms with Gasteiger partial charge < -0.3 is 9.47 Å². The van der Waals surface area contributed by atoms with Crippen LogP contribution in [0.25, 0.3) is 0 Å². The van der Waals surface area contributed by atoms with E-state index in [0.717, 1.165) is 10.0 Å². The van der Waals surface area contributed by atoms with E-state index in [1.807, 2.05) is 0 Å². The molecule has 0 spiro atoms. The first-order valence-corrected chi connectivity index (χ1v) is 7.50. The normalized spacial score (nSPS) is 10.3. The number of carbonyl (C=O) groups excluding carboxylic acids is 1. The molecule has 6 heteroatoms. The van der Waals surface area contributed by atoms with E-state index < -0.39 is 0 Å². The smallest absolute Gasteiger partial charge is 0.337 e. The summed E-state index contributed by atoms with van der Waals surface area (Å²) in [4.78, 5) is 11.4. The van der Waals surface area contributed by atoms with Crippen LogP contribution < -0.4 is 4.74 Å². The molecule has 2 aromatic rings. The van der Waals surface area contributed by atoms with Gasteiger partial charge >= 0.3 is 5.97 Å². The number of hydrogen-bond donors (Lipinski definition) is 0. The van der Waals surface area contributed by atoms with Crippen LogP contribution in [-0.2, 0) is 11.3 Å². The summed E-state index contributed by atoms with van der Waals surface area (Å²) in [7, 11) is 1.34. The monoisotopic (exact) mass is 388 g/mol. The molecular weight excluding hydrogens is 379 g/mol. The summed E-state index contributed by atoms with van der Waals surface area (Å²) in [6.45, 7) is 0.318. The molecule has 0 saturated heterocycles. The average Bonchev–Trinajstić information content (AvgIpc) is 2.44. The highest BCUT2D eigenvalue weighted by Crippen LogP contribution is 2.26. The van der Waals surface area contributed by atoms with E-state index in [0.29, 0.717) is 28.0 Å². The van der Waals surface area contributed by atoms with Gasteiger partial charge in [0.15, 0.2) is 0 Å². The molecule has 0 aliphatic carbocycles. The summed E-state index contributed by atoms with van der Waals surface area (Å²) >= 11 is 15.2. The van der Waals surface area contributed by atoms with Gasteiger partial charge in [0.05, 0.1) is 12.7 Å². The van der Waals surface area contributed by atoms with Crippen molar-refractivity contribution < 1.29 is 14.3 Å². The van der Waals surface area contributed by atoms with Gasteiger partial charge in [-0.3, -0.25) is 0 Å². The highest BCUT2D eigenvalue weighted by Gasteiger charge is 2.09. The fourth-order valence-corrected chi connectivity index (χ4v) is 2.68. The summed E-state index contributed by atoms with van der Waals surface area (Å²) in [5, 5.41) is 1.02. The van der Waals surface area contributed by atoms with Crippen molar-refractivity contribution in [3.8, 4) is 5.75 Å². The molecule has 0 saturated carbocycles. The van der Waals surface area contributed by atoms with Crippen molar-refractivity contribution in [2.45, 2.75) is 6.61 Å². The minimum absolute atomic E-state index is 0.318. The Labute approximate surface area is 140 Å². The molecule has 2 aromatic carbocycles. The van der Waals surface area contributed by atoms with Crippen LogP contribution in [0.4, 0.5) is 0 Å². The molecule has 2 rings (SSSR count). The first-order chi connectivity index (χ1) is 9.99. The van der Waals surface area contributed by atoms with Gasteiger partial charge in [-0.1, -0.05) is 45.2 Å². The van der Waals surface area contributed by atoms with Gasteiger partial charge in [-0.2, -0.15) is 0 Å². The van der Waals surface area contributed by atoms with E-state index in [9.17, 15) is 4.79 Å². The van der Waals surface area contributed by atoms with Crippen LogP contribution in [0, 0.1) is 0 Å². The van der Waals surface area contributed by atoms with E-state index >= 15 is 0 Å². The van der Waals surface area contributed by atoms with Crippen molar-refractivity contribution in [3.63, 3.8) is 0 Å². The second-order valence-corrected chi connectivity index (χ2v) is 5.92. The number of ether oxygens (including phenoxy) is 2. The van der Waals surface area contributed by atoms with Gasteiger partial charge in [0, 0.05) is 20.1 Å². The van der Waals surface area contributed by atoms with Crippen LogP contribution in [0.1, 0.15) is 15.9 Å². The maximum atomic E-state index is 11.4. The molecule has 0 radical (unpaired) electrons. The highest BCUT2D eigenvalue weighted by molar-refractivity contribution is 9.10. The van der Waals surface area contributed by atoms with Gasteiger partial charge in [0.1, 0.15) is 12.4 Å². The number of benzene rings is 2. The van der Waals surface area contributed by atoms with Crippen molar-refractivity contribution in [1.82, 2.24) is 0 Å². The molecule has 0 heterocycles. The SMILES string of the molecule is COC(=O)c1ccc(COc2cc(Cl)cc(Cl)c2)c(Br)c1. The van der Waals surface area contributed by atoms with E-state index in [1.165, 1.54) is 7.11 Å². The van der Waals surface area contributed by atoms with Crippen molar-refractivity contribution in [3.05, 3.63) is 62.0 Å². The third kappa shape index (κ3) is 4.37. The largest absolute Gasteiger partial charge is 0.489 e. The van der Waals surface area contributed by atoms with Crippen molar-refractivity contribution in [1.29, 1.82) is 0 Å². The molecule has 0 fully saturated rings. The lowest BCUT2D eigenvalue weighted by Crippen LogP contribution is -2.03. The third-order valence-electron chi connectivity index (χ3n) is 2.70. The molecule has 0 atom stereocenters. The van der Waals surface area contributed by atoms with E-state index in [4.69, 9.17) is 27.9 Å². The Kier molecular flexibility index (Phi) is 5.51. The number of halogens is 3. The van der Waals surface area contributed by atoms with Gasteiger partial charge in [0.2, 0.25) is 0 Å². The number of esters is 1. The molecule has 0 aliphatic heterocycles. The Morgan fingerprint density at radius 1 is 1.14 bits per heavy atom. The third-order valence-corrected chi connectivity index (χ3v) is 3.88. The zero-order valence-electron chi connectivity index (χ0n) is 11.0. The minimum Gasteiger partial charge on any atom is -0.489 e. The van der Waals surface area contributed by atoms with Crippen molar-refractivity contribution in [2.75, 3.05) is 7.11 Å². The van der Waals surface area contributed by atoms with Gasteiger partial charge in [-0.25, -0.2) is 4.79 Å². The van der Waals surface area contributed by atoms with Crippen molar-refractivity contribution >= 4 is 45.1 Å². The lowest BCUT2D eigenvalue weighted by molar-refractivity contribution is 0.0600. The number of carbonyl (C=O) groups is 1. The summed E-state index contributed by atoms with van der Waals surface area (Å²) in [6, 6.07) is 10.2. The molecule has 0 N–H and O–H groups in total. The molecule has 0 bridgehead atoms. The Morgan fingerprint density at radius 3 is 2.38 bits per heavy atom. The standard InChI is InChI=1S/C15H11BrCl2O3/c1-20-15(19)9-2-3-10(14(16)4-9)8-21-13-6-11(17)5-12(18)7-13/h2-7H,8H2,1H3. The Hall–Kier alpha value is -1.23. The van der Waals surface area contributed by atoms with Crippen LogP contribution in [0.15, 0.2) is 40.9 Å². The first-order valence-electron chi connectivity index (χ1n) is 5.95. The minimum atomic E-state index is -0.384. The summed E-state index contributed by atoms with van der Waals surface area (Å²) in [5.41, 5.74) is 1.36. The average molecular weight is 390 g/mol. The molecule has 21 heavy (non-hydrogen) atoms. The number of rotatable bonds is 4. The van der Waals surface area contributed by atoms with E-state index in [2.05, 4.69) is 20.7 Å². The first kappa shape index (κ1) is 16.1. The Morgan fingerprint density at radius 2 is 1.81 bits per heavy atom. The van der Waals surface area contributed by atoms with Crippen LogP contribution in [0.3, 0.4) is 0 Å². The number of methoxy groups -OCH3 is 1. The van der Waals surface area contributed by atoms with Crippen LogP contribution in [0.2, 0.25) is 10.0 Å². The quantitative estimate of drug-likeness (QED) is 0.680. The molecule has 0 unspecified atom stereocenters. The van der Waals surface area contributed by atoms with Gasteiger partial charge in [-0.15, -0.1) is 0 Å². The van der Waals surface area contributed by atoms with Crippen LogP contribution in [0.5, 0.6) is 5.75 Å². The zero-order valence-corrected chi connectivity index (χ0v) is 14.1. The van der Waals surface area contributed by atoms with Crippen LogP contribution >= 0.6 is 39.1 Å². The van der Waals surface area contributed by atoms with Crippen molar-refractivity contribution in [2.24, 2.45) is 0 Å². The molecule has 0 aliphatic rings. The maximum absolute atomic E-state index is 11.4. The second-order valence-electron chi connectivity index (χ2n) is 4.19. The fourth-order valence-electron chi connectivity index (χ4n) is 1.68. The highest BCUT2D eigenvalue weighted by atomic mass is 79.9. The predicted molar refractivity (Wildman–Crippen MR) is 86.3 cm³/mol. The molecule has 0 amide bonds. The lowest BCUT2D eigenvalue weighted by atomic mass is 10.1. The second kappa shape index (κ2) is 7.16. The maximum Gasteiger partial charge on any atom is 0.337 e. The number of hydrogen-bond acceptors (Lipinski definition) is 3. The summed E-state index contributed by atoms with van der Waals surface area (Å²) in [6.07, 6.45) is 0. The lowest BCUT2D eigenvalue weighted by Gasteiger charge is -2.10. The summed E-state index contributed by atoms with van der Waals surface area (Å²) < 4.78 is 11.1. The summed E-state index contributed by atoms with van der Waals surface area (Å²) in [5.74, 6) is 0.196. The van der Waals surface area contributed by atoms with E-state index in [-0.39, 0.29) is 5.97 Å². The molecule has 3 nitrogen and oxygen atoms in total. The molecule has 110 valence electrons. The van der Waals surface area contributed by atoms with Crippen LogP contribution in [-0.4, -0.2) is 13.1 Å². The molecular formula is C15H11BrCl2O3. The van der Waals surface area contributed by atoms with Gasteiger partial charge in [-0.05, 0) is 30.3 Å². The Bertz CT molecular complexity index is 654. The van der Waals surface area contributed by atoms with Gasteiger partial charge in [0.25, 0.3) is 0 Å².